The zero-order valence-corrected chi connectivity index (χ0v) is 18.5. The summed E-state index contributed by atoms with van der Waals surface area (Å²) < 4.78 is 0. The first kappa shape index (κ1) is 20.6. The Labute approximate surface area is 176 Å². The van der Waals surface area contributed by atoms with Crippen molar-refractivity contribution in [2.75, 3.05) is 13.6 Å². The fourth-order valence-corrected chi connectivity index (χ4v) is 3.69. The highest BCUT2D eigenvalue weighted by Gasteiger charge is 2.05. The Hall–Kier alpha value is -1.67. The van der Waals surface area contributed by atoms with Crippen LogP contribution in [0.15, 0.2) is 47.5 Å². The minimum Gasteiger partial charge on any atom is -0.356 e. The summed E-state index contributed by atoms with van der Waals surface area (Å²) in [5.41, 5.74) is 2.47. The van der Waals surface area contributed by atoms with Gasteiger partial charge in [-0.25, -0.2) is 4.98 Å². The van der Waals surface area contributed by atoms with Gasteiger partial charge in [0, 0.05) is 18.5 Å². The lowest BCUT2D eigenvalue weighted by Crippen LogP contribution is -2.37. The third-order valence-electron chi connectivity index (χ3n) is 4.27. The van der Waals surface area contributed by atoms with Crippen LogP contribution >= 0.6 is 35.3 Å². The van der Waals surface area contributed by atoms with Crippen LogP contribution < -0.4 is 10.6 Å². The number of hydrogen-bond donors (Lipinski definition) is 2. The average Bonchev–Trinajstić information content (AvgIpc) is 2.96. The van der Waals surface area contributed by atoms with E-state index in [2.05, 4.69) is 70.0 Å². The van der Waals surface area contributed by atoms with Gasteiger partial charge in [-0.1, -0.05) is 42.5 Å². The number of benzene rings is 2. The van der Waals surface area contributed by atoms with Gasteiger partial charge >= 0.3 is 0 Å². The maximum atomic E-state index is 4.55. The van der Waals surface area contributed by atoms with Gasteiger partial charge in [-0.3, -0.25) is 4.99 Å². The molecule has 2 aromatic carbocycles. The van der Waals surface area contributed by atoms with Crippen LogP contribution in [0.1, 0.15) is 21.1 Å². The molecule has 0 aliphatic carbocycles. The molecule has 0 aliphatic heterocycles. The molecule has 0 unspecified atom stereocenters. The van der Waals surface area contributed by atoms with E-state index < -0.39 is 0 Å². The van der Waals surface area contributed by atoms with E-state index >= 15 is 0 Å². The molecule has 138 valence electrons. The van der Waals surface area contributed by atoms with Crippen molar-refractivity contribution in [1.29, 1.82) is 0 Å². The van der Waals surface area contributed by atoms with Crippen LogP contribution in [0.3, 0.4) is 0 Å². The normalized spacial score (nSPS) is 11.3. The molecule has 0 saturated carbocycles. The summed E-state index contributed by atoms with van der Waals surface area (Å²) >= 11 is 1.73. The summed E-state index contributed by atoms with van der Waals surface area (Å²) in [7, 11) is 1.80. The van der Waals surface area contributed by atoms with Crippen molar-refractivity contribution >= 4 is 52.0 Å². The van der Waals surface area contributed by atoms with Gasteiger partial charge in [0.2, 0.25) is 0 Å². The molecule has 3 rings (SSSR count). The van der Waals surface area contributed by atoms with Crippen LogP contribution in [0.25, 0.3) is 10.8 Å². The van der Waals surface area contributed by atoms with Crippen molar-refractivity contribution in [2.45, 2.75) is 26.8 Å². The fourth-order valence-electron chi connectivity index (χ4n) is 2.82. The van der Waals surface area contributed by atoms with Crippen molar-refractivity contribution < 1.29 is 0 Å². The van der Waals surface area contributed by atoms with Gasteiger partial charge in [0.1, 0.15) is 5.01 Å². The smallest absolute Gasteiger partial charge is 0.191 e. The van der Waals surface area contributed by atoms with Crippen molar-refractivity contribution in [3.63, 3.8) is 0 Å². The first-order valence-electron chi connectivity index (χ1n) is 8.51. The van der Waals surface area contributed by atoms with E-state index in [9.17, 15) is 0 Å². The molecule has 6 heteroatoms. The van der Waals surface area contributed by atoms with Crippen LogP contribution in [-0.2, 0) is 13.0 Å². The Morgan fingerprint density at radius 3 is 2.58 bits per heavy atom. The van der Waals surface area contributed by atoms with Gasteiger partial charge in [-0.2, -0.15) is 0 Å². The Kier molecular flexibility index (Phi) is 7.84. The molecule has 0 radical (unpaired) electrons. The Bertz CT molecular complexity index is 864. The van der Waals surface area contributed by atoms with E-state index in [1.807, 2.05) is 6.92 Å². The number of nitrogens with one attached hydrogen (secondary N) is 2. The number of nitrogens with zero attached hydrogens (tertiary/aromatic N) is 2. The molecule has 1 aromatic heterocycles. The van der Waals surface area contributed by atoms with Gasteiger partial charge in [-0.15, -0.1) is 35.3 Å². The summed E-state index contributed by atoms with van der Waals surface area (Å²) in [5, 5.41) is 10.4. The summed E-state index contributed by atoms with van der Waals surface area (Å²) in [5.74, 6) is 0.811. The van der Waals surface area contributed by atoms with Crippen molar-refractivity contribution in [2.24, 2.45) is 4.99 Å². The van der Waals surface area contributed by atoms with Crippen molar-refractivity contribution in [1.82, 2.24) is 15.6 Å². The van der Waals surface area contributed by atoms with Crippen molar-refractivity contribution in [3.05, 3.63) is 63.6 Å². The van der Waals surface area contributed by atoms with Gasteiger partial charge in [0.05, 0.1) is 12.2 Å². The second kappa shape index (κ2) is 9.87. The molecule has 0 saturated heterocycles. The third kappa shape index (κ3) is 5.17. The lowest BCUT2D eigenvalue weighted by molar-refractivity contribution is 0.792. The van der Waals surface area contributed by atoms with E-state index in [0.717, 1.165) is 29.6 Å². The van der Waals surface area contributed by atoms with Crippen LogP contribution in [0.2, 0.25) is 0 Å². The lowest BCUT2D eigenvalue weighted by atomic mass is 10.0. The first-order chi connectivity index (χ1) is 12.2. The topological polar surface area (TPSA) is 49.3 Å². The summed E-state index contributed by atoms with van der Waals surface area (Å²) in [6.07, 6.45) is 0.956. The minimum atomic E-state index is 0. The SMILES string of the molecule is CN=C(NCCc1cccc2ccccc12)NCc1nc(C)c(C)s1.I. The standard InChI is InChI=1S/C20H24N4S.HI/c1-14-15(2)25-19(24-14)13-23-20(21-3)22-12-11-17-9-6-8-16-7-4-5-10-18(16)17;/h4-10H,11-13H2,1-3H3,(H2,21,22,23);1H. The maximum Gasteiger partial charge on any atom is 0.191 e. The Morgan fingerprint density at radius 1 is 1.08 bits per heavy atom. The third-order valence-corrected chi connectivity index (χ3v) is 5.34. The molecule has 0 fully saturated rings. The molecule has 0 amide bonds. The summed E-state index contributed by atoms with van der Waals surface area (Å²) in [6, 6.07) is 15.0. The van der Waals surface area contributed by atoms with E-state index in [1.54, 1.807) is 18.4 Å². The number of aryl methyl sites for hydroxylation is 2. The van der Waals surface area contributed by atoms with Gasteiger partial charge in [0.15, 0.2) is 5.96 Å². The fraction of sp³-hybridized carbons (Fsp3) is 0.300. The van der Waals surface area contributed by atoms with Crippen molar-refractivity contribution in [3.8, 4) is 0 Å². The molecule has 4 nitrogen and oxygen atoms in total. The second-order valence-electron chi connectivity index (χ2n) is 5.99. The van der Waals surface area contributed by atoms with Gasteiger partial charge in [0.25, 0.3) is 0 Å². The molecular weight excluding hydrogens is 455 g/mol. The number of hydrogen-bond acceptors (Lipinski definition) is 3. The second-order valence-corrected chi connectivity index (χ2v) is 7.28. The number of fused-ring (bicyclic) bond motifs is 1. The van der Waals surface area contributed by atoms with Crippen LogP contribution in [0.4, 0.5) is 0 Å². The number of guanidine groups is 1. The molecule has 0 atom stereocenters. The predicted molar refractivity (Wildman–Crippen MR) is 123 cm³/mol. The summed E-state index contributed by atoms with van der Waals surface area (Å²) in [6.45, 7) is 5.69. The van der Waals surface area contributed by atoms with Gasteiger partial charge in [-0.05, 0) is 36.6 Å². The molecule has 0 spiro atoms. The largest absolute Gasteiger partial charge is 0.356 e. The molecular formula is C20H25IN4S. The van der Waals surface area contributed by atoms with E-state index in [0.29, 0.717) is 6.54 Å². The van der Waals surface area contributed by atoms with E-state index in [1.165, 1.54) is 21.2 Å². The van der Waals surface area contributed by atoms with Gasteiger partial charge < -0.3 is 10.6 Å². The Balaban J connectivity index is 0.00000243. The lowest BCUT2D eigenvalue weighted by Gasteiger charge is -2.12. The molecule has 26 heavy (non-hydrogen) atoms. The monoisotopic (exact) mass is 480 g/mol. The van der Waals surface area contributed by atoms with Crippen LogP contribution in [0, 0.1) is 13.8 Å². The number of thiazole rings is 1. The zero-order valence-electron chi connectivity index (χ0n) is 15.4. The van der Waals surface area contributed by atoms with Crippen LogP contribution in [0.5, 0.6) is 0 Å². The summed E-state index contributed by atoms with van der Waals surface area (Å²) in [4.78, 5) is 10.1. The van der Waals surface area contributed by atoms with E-state index in [4.69, 9.17) is 0 Å². The zero-order chi connectivity index (χ0) is 17.6. The van der Waals surface area contributed by atoms with Crippen LogP contribution in [-0.4, -0.2) is 24.5 Å². The molecule has 3 aromatic rings. The average molecular weight is 480 g/mol. The first-order valence-corrected chi connectivity index (χ1v) is 9.33. The minimum absolute atomic E-state index is 0. The highest BCUT2D eigenvalue weighted by atomic mass is 127. The molecule has 1 heterocycles. The molecule has 2 N–H and O–H groups in total. The predicted octanol–water partition coefficient (Wildman–Crippen LogP) is 4.44. The number of aliphatic imine (C=N–C) groups is 1. The quantitative estimate of drug-likeness (QED) is 0.323. The maximum absolute atomic E-state index is 4.55. The molecule has 0 aliphatic rings. The number of rotatable bonds is 5. The van der Waals surface area contributed by atoms with E-state index in [-0.39, 0.29) is 24.0 Å². The highest BCUT2D eigenvalue weighted by Crippen LogP contribution is 2.18. The highest BCUT2D eigenvalue weighted by molar-refractivity contribution is 14.0. The number of aromatic nitrogens is 1. The number of halogens is 1. The molecule has 0 bridgehead atoms. The Morgan fingerprint density at radius 2 is 1.85 bits per heavy atom.